The lowest BCUT2D eigenvalue weighted by molar-refractivity contribution is -0.126. The van der Waals surface area contributed by atoms with Crippen LogP contribution < -0.4 is 10.9 Å². The van der Waals surface area contributed by atoms with E-state index < -0.39 is 0 Å². The number of ether oxygens (including phenoxy) is 1. The van der Waals surface area contributed by atoms with E-state index in [2.05, 4.69) is 33.4 Å². The first-order valence-corrected chi connectivity index (χ1v) is 6.14. The number of rotatable bonds is 4. The lowest BCUT2D eigenvalue weighted by Gasteiger charge is -2.07. The van der Waals surface area contributed by atoms with Gasteiger partial charge in [-0.1, -0.05) is 6.07 Å². The van der Waals surface area contributed by atoms with Crippen LogP contribution in [0.3, 0.4) is 0 Å². The van der Waals surface area contributed by atoms with Crippen molar-refractivity contribution >= 4 is 34.4 Å². The molecule has 6 heteroatoms. The Balaban J connectivity index is 2.42. The number of carbonyl (C=O) groups excluding carboxylic acids is 2. The van der Waals surface area contributed by atoms with Crippen molar-refractivity contribution in [2.24, 2.45) is 0 Å². The molecule has 0 saturated heterocycles. The number of amides is 2. The van der Waals surface area contributed by atoms with E-state index in [0.29, 0.717) is 12.2 Å². The highest BCUT2D eigenvalue weighted by Crippen LogP contribution is 2.07. The Labute approximate surface area is 113 Å². The van der Waals surface area contributed by atoms with Crippen LogP contribution in [0.25, 0.3) is 0 Å². The van der Waals surface area contributed by atoms with Crippen molar-refractivity contribution in [2.75, 3.05) is 13.2 Å². The third-order valence-electron chi connectivity index (χ3n) is 1.84. The number of hydrogen-bond donors (Lipinski definition) is 2. The molecule has 0 aliphatic heterocycles. The number of nitrogens with one attached hydrogen (secondary N) is 2. The molecule has 0 unspecified atom stereocenters. The van der Waals surface area contributed by atoms with Crippen molar-refractivity contribution in [1.82, 2.24) is 10.9 Å². The molecule has 0 spiro atoms. The van der Waals surface area contributed by atoms with Gasteiger partial charge in [-0.05, 0) is 47.7 Å². The first kappa shape index (κ1) is 13.9. The summed E-state index contributed by atoms with van der Waals surface area (Å²) in [5.41, 5.74) is 5.08. The number of hydrazine groups is 1. The highest BCUT2D eigenvalue weighted by Gasteiger charge is 2.07. The van der Waals surface area contributed by atoms with Crippen molar-refractivity contribution in [3.63, 3.8) is 0 Å². The van der Waals surface area contributed by atoms with Crippen LogP contribution >= 0.6 is 22.6 Å². The fourth-order valence-electron chi connectivity index (χ4n) is 1.06. The fourth-order valence-corrected chi connectivity index (χ4v) is 1.60. The van der Waals surface area contributed by atoms with E-state index in [0.717, 1.165) is 3.57 Å². The fraction of sp³-hybridized carbons (Fsp3) is 0.273. The summed E-state index contributed by atoms with van der Waals surface area (Å²) in [6, 6.07) is 7.06. The quantitative estimate of drug-likeness (QED) is 0.632. The van der Waals surface area contributed by atoms with Gasteiger partial charge in [0.25, 0.3) is 11.8 Å². The maximum absolute atomic E-state index is 11.6. The highest BCUT2D eigenvalue weighted by molar-refractivity contribution is 14.1. The second kappa shape index (κ2) is 7.23. The Morgan fingerprint density at radius 3 is 2.76 bits per heavy atom. The van der Waals surface area contributed by atoms with Gasteiger partial charge in [0, 0.05) is 15.7 Å². The molecule has 5 nitrogen and oxygen atoms in total. The average molecular weight is 348 g/mol. The zero-order valence-electron chi connectivity index (χ0n) is 9.33. The summed E-state index contributed by atoms with van der Waals surface area (Å²) in [6.07, 6.45) is 0. The number of benzene rings is 1. The molecule has 2 N–H and O–H groups in total. The smallest absolute Gasteiger partial charge is 0.269 e. The van der Waals surface area contributed by atoms with Gasteiger partial charge < -0.3 is 4.74 Å². The van der Waals surface area contributed by atoms with E-state index in [9.17, 15) is 9.59 Å². The van der Waals surface area contributed by atoms with E-state index in [4.69, 9.17) is 4.74 Å². The molecule has 1 rings (SSSR count). The summed E-state index contributed by atoms with van der Waals surface area (Å²) >= 11 is 2.11. The third kappa shape index (κ3) is 5.14. The van der Waals surface area contributed by atoms with Gasteiger partial charge in [0.2, 0.25) is 0 Å². The summed E-state index contributed by atoms with van der Waals surface area (Å²) in [5.74, 6) is -0.737. The average Bonchev–Trinajstić information content (AvgIpc) is 2.33. The standard InChI is InChI=1S/C11H13IN2O3/c1-2-17-7-10(15)13-14-11(16)8-4-3-5-9(12)6-8/h3-6H,2,7H2,1H3,(H,13,15)(H,14,16). The summed E-state index contributed by atoms with van der Waals surface area (Å²) in [4.78, 5) is 22.8. The monoisotopic (exact) mass is 348 g/mol. The van der Waals surface area contributed by atoms with Gasteiger partial charge in [-0.15, -0.1) is 0 Å². The largest absolute Gasteiger partial charge is 0.372 e. The predicted octanol–water partition coefficient (Wildman–Crippen LogP) is 1.09. The van der Waals surface area contributed by atoms with Crippen LogP contribution in [0.2, 0.25) is 0 Å². The molecular formula is C11H13IN2O3. The molecule has 2 amide bonds. The minimum absolute atomic E-state index is 0.0664. The molecule has 0 radical (unpaired) electrons. The lowest BCUT2D eigenvalue weighted by atomic mass is 10.2. The van der Waals surface area contributed by atoms with Crippen LogP contribution in [0.1, 0.15) is 17.3 Å². The minimum Gasteiger partial charge on any atom is -0.372 e. The molecule has 0 heterocycles. The van der Waals surface area contributed by atoms with Crippen molar-refractivity contribution in [2.45, 2.75) is 6.92 Å². The van der Waals surface area contributed by atoms with Crippen LogP contribution in [0.5, 0.6) is 0 Å². The van der Waals surface area contributed by atoms with Crippen molar-refractivity contribution in [3.8, 4) is 0 Å². The summed E-state index contributed by atoms with van der Waals surface area (Å²) in [5, 5.41) is 0. The van der Waals surface area contributed by atoms with Crippen LogP contribution in [0, 0.1) is 3.57 Å². The zero-order valence-corrected chi connectivity index (χ0v) is 11.5. The Morgan fingerprint density at radius 1 is 1.35 bits per heavy atom. The summed E-state index contributed by atoms with van der Waals surface area (Å²) in [6.45, 7) is 2.18. The Kier molecular flexibility index (Phi) is 5.92. The molecule has 0 aliphatic carbocycles. The molecule has 0 saturated carbocycles. The lowest BCUT2D eigenvalue weighted by Crippen LogP contribution is -2.43. The van der Waals surface area contributed by atoms with Gasteiger partial charge in [0.15, 0.2) is 0 Å². The first-order valence-electron chi connectivity index (χ1n) is 5.06. The minimum atomic E-state index is -0.383. The zero-order chi connectivity index (χ0) is 12.7. The number of hydrogen-bond acceptors (Lipinski definition) is 3. The second-order valence-corrected chi connectivity index (χ2v) is 4.40. The Morgan fingerprint density at radius 2 is 2.12 bits per heavy atom. The maximum Gasteiger partial charge on any atom is 0.269 e. The molecule has 0 aromatic heterocycles. The third-order valence-corrected chi connectivity index (χ3v) is 2.51. The normalized spacial score (nSPS) is 9.76. The van der Waals surface area contributed by atoms with Gasteiger partial charge in [0.1, 0.15) is 6.61 Å². The van der Waals surface area contributed by atoms with Crippen molar-refractivity contribution in [1.29, 1.82) is 0 Å². The molecule has 1 aromatic carbocycles. The molecule has 1 aromatic rings. The first-order chi connectivity index (χ1) is 8.13. The van der Waals surface area contributed by atoms with Gasteiger partial charge in [-0.25, -0.2) is 0 Å². The number of halogens is 1. The summed E-state index contributed by atoms with van der Waals surface area (Å²) < 4.78 is 5.84. The summed E-state index contributed by atoms with van der Waals surface area (Å²) in [7, 11) is 0. The van der Waals surface area contributed by atoms with Gasteiger partial charge >= 0.3 is 0 Å². The predicted molar refractivity (Wildman–Crippen MR) is 71.3 cm³/mol. The molecule has 17 heavy (non-hydrogen) atoms. The van der Waals surface area contributed by atoms with E-state index in [1.54, 1.807) is 25.1 Å². The van der Waals surface area contributed by atoms with Crippen LogP contribution in [-0.2, 0) is 9.53 Å². The SMILES string of the molecule is CCOCC(=O)NNC(=O)c1cccc(I)c1. The topological polar surface area (TPSA) is 67.4 Å². The Hall–Kier alpha value is -1.15. The van der Waals surface area contributed by atoms with Crippen LogP contribution in [0.15, 0.2) is 24.3 Å². The molecule has 0 fully saturated rings. The van der Waals surface area contributed by atoms with Crippen molar-refractivity contribution in [3.05, 3.63) is 33.4 Å². The molecule has 0 bridgehead atoms. The second-order valence-electron chi connectivity index (χ2n) is 3.15. The molecular weight excluding hydrogens is 335 g/mol. The van der Waals surface area contributed by atoms with E-state index >= 15 is 0 Å². The van der Waals surface area contributed by atoms with E-state index in [-0.39, 0.29) is 18.4 Å². The molecule has 92 valence electrons. The Bertz CT molecular complexity index is 409. The maximum atomic E-state index is 11.6. The number of carbonyl (C=O) groups is 2. The van der Waals surface area contributed by atoms with Crippen LogP contribution in [0.4, 0.5) is 0 Å². The highest BCUT2D eigenvalue weighted by atomic mass is 127. The molecule has 0 aliphatic rings. The van der Waals surface area contributed by atoms with Gasteiger partial charge in [0.05, 0.1) is 0 Å². The van der Waals surface area contributed by atoms with E-state index in [1.165, 1.54) is 0 Å². The van der Waals surface area contributed by atoms with E-state index in [1.807, 2.05) is 6.07 Å². The van der Waals surface area contributed by atoms with Crippen LogP contribution in [-0.4, -0.2) is 25.0 Å². The van der Waals surface area contributed by atoms with Crippen molar-refractivity contribution < 1.29 is 14.3 Å². The van der Waals surface area contributed by atoms with Gasteiger partial charge in [-0.3, -0.25) is 20.4 Å². The molecule has 0 atom stereocenters. The van der Waals surface area contributed by atoms with Gasteiger partial charge in [-0.2, -0.15) is 0 Å².